The third-order valence-electron chi connectivity index (χ3n) is 1.74. The first-order valence-electron chi connectivity index (χ1n) is 4.86. The van der Waals surface area contributed by atoms with Gasteiger partial charge in [0.2, 0.25) is 10.0 Å². The van der Waals surface area contributed by atoms with Crippen LogP contribution in [0.5, 0.6) is 5.75 Å². The maximum absolute atomic E-state index is 11.2. The van der Waals surface area contributed by atoms with E-state index in [9.17, 15) is 8.42 Å². The second-order valence-electron chi connectivity index (χ2n) is 3.20. The Morgan fingerprint density at radius 2 is 1.94 bits per heavy atom. The molecule has 0 unspecified atom stereocenters. The summed E-state index contributed by atoms with van der Waals surface area (Å²) in [7, 11) is -3.43. The highest BCUT2D eigenvalue weighted by molar-refractivity contribution is 7.93. The summed E-state index contributed by atoms with van der Waals surface area (Å²) in [5.41, 5.74) is 0.476. The Balaban J connectivity index is 2.65. The second kappa shape index (κ2) is 5.96. The maximum atomic E-state index is 11.2. The molecule has 1 rings (SSSR count). The molecule has 16 heavy (non-hydrogen) atoms. The number of benzene rings is 1. The van der Waals surface area contributed by atoms with Crippen molar-refractivity contribution in [2.24, 2.45) is 0 Å². The van der Waals surface area contributed by atoms with E-state index in [-0.39, 0.29) is 0 Å². The van der Waals surface area contributed by atoms with Crippen molar-refractivity contribution < 1.29 is 13.2 Å². The molecule has 0 aliphatic carbocycles. The maximum Gasteiger partial charge on any atom is 0.246 e. The Kier molecular flexibility index (Phi) is 4.89. The van der Waals surface area contributed by atoms with Gasteiger partial charge in [0.05, 0.1) is 6.61 Å². The van der Waals surface area contributed by atoms with Crippen molar-refractivity contribution in [2.75, 3.05) is 16.5 Å². The van der Waals surface area contributed by atoms with E-state index >= 15 is 0 Å². The van der Waals surface area contributed by atoms with Gasteiger partial charge in [-0.05, 0) is 30.7 Å². The number of nitrogens with one attached hydrogen (secondary N) is 1. The van der Waals surface area contributed by atoms with Crippen LogP contribution in [0.4, 0.5) is 5.69 Å². The highest BCUT2D eigenvalue weighted by Crippen LogP contribution is 2.17. The van der Waals surface area contributed by atoms with Crippen molar-refractivity contribution in [3.05, 3.63) is 24.3 Å². The normalized spacial score (nSPS) is 11.1. The first-order chi connectivity index (χ1) is 7.57. The van der Waals surface area contributed by atoms with Crippen molar-refractivity contribution in [1.29, 1.82) is 0 Å². The number of halogens is 1. The average Bonchev–Trinajstić information content (AvgIpc) is 2.28. The van der Waals surface area contributed by atoms with E-state index in [2.05, 4.69) is 4.72 Å². The minimum Gasteiger partial charge on any atom is -0.494 e. The second-order valence-corrected chi connectivity index (χ2v) is 5.51. The van der Waals surface area contributed by atoms with Crippen LogP contribution < -0.4 is 9.46 Å². The third-order valence-corrected chi connectivity index (χ3v) is 3.44. The summed E-state index contributed by atoms with van der Waals surface area (Å²) in [6.45, 7) is 2.66. The lowest BCUT2D eigenvalue weighted by Crippen LogP contribution is -2.13. The summed E-state index contributed by atoms with van der Waals surface area (Å²) < 4.78 is 30.0. The van der Waals surface area contributed by atoms with Crippen molar-refractivity contribution in [1.82, 2.24) is 0 Å². The van der Waals surface area contributed by atoms with Gasteiger partial charge in [0, 0.05) is 5.69 Å². The summed E-state index contributed by atoms with van der Waals surface area (Å²) >= 11 is 5.27. The number of hydrogen-bond acceptors (Lipinski definition) is 3. The van der Waals surface area contributed by atoms with Gasteiger partial charge in [-0.2, -0.15) is 0 Å². The number of hydrogen-bond donors (Lipinski definition) is 1. The molecule has 1 aromatic carbocycles. The number of alkyl halides is 1. The molecule has 0 saturated heterocycles. The van der Waals surface area contributed by atoms with E-state index in [1.54, 1.807) is 24.3 Å². The number of anilines is 1. The fourth-order valence-corrected chi connectivity index (χ4v) is 1.76. The molecule has 90 valence electrons. The Morgan fingerprint density at radius 1 is 1.31 bits per heavy atom. The highest BCUT2D eigenvalue weighted by Gasteiger charge is 2.07. The van der Waals surface area contributed by atoms with Crippen molar-refractivity contribution >= 4 is 27.3 Å². The zero-order chi connectivity index (χ0) is 12.0. The first kappa shape index (κ1) is 13.1. The predicted molar refractivity (Wildman–Crippen MR) is 65.5 cm³/mol. The van der Waals surface area contributed by atoms with E-state index in [4.69, 9.17) is 16.3 Å². The number of ether oxygens (including phenoxy) is 1. The van der Waals surface area contributed by atoms with Gasteiger partial charge in [-0.3, -0.25) is 4.72 Å². The molecule has 0 heterocycles. The molecule has 0 radical (unpaired) electrons. The van der Waals surface area contributed by atoms with Crippen LogP contribution in [0.3, 0.4) is 0 Å². The van der Waals surface area contributed by atoms with Crippen LogP contribution in [-0.2, 0) is 10.0 Å². The van der Waals surface area contributed by atoms with Crippen LogP contribution in [0.1, 0.15) is 13.3 Å². The molecule has 0 bridgehead atoms. The first-order valence-corrected chi connectivity index (χ1v) is 7.05. The summed E-state index contributed by atoms with van der Waals surface area (Å²) in [6, 6.07) is 6.69. The summed E-state index contributed by atoms with van der Waals surface area (Å²) in [5.74, 6) is 0.718. The van der Waals surface area contributed by atoms with E-state index < -0.39 is 15.2 Å². The van der Waals surface area contributed by atoms with Crippen LogP contribution in [0.25, 0.3) is 0 Å². The lowest BCUT2D eigenvalue weighted by molar-refractivity contribution is 0.317. The molecule has 0 saturated carbocycles. The van der Waals surface area contributed by atoms with Gasteiger partial charge in [-0.15, -0.1) is 11.6 Å². The quantitative estimate of drug-likeness (QED) is 0.802. The van der Waals surface area contributed by atoms with Gasteiger partial charge in [-0.1, -0.05) is 6.92 Å². The average molecular weight is 264 g/mol. The van der Waals surface area contributed by atoms with E-state index in [0.29, 0.717) is 12.3 Å². The minimum absolute atomic E-state index is 0.457. The van der Waals surface area contributed by atoms with E-state index in [1.807, 2.05) is 6.92 Å². The predicted octanol–water partition coefficient (Wildman–Crippen LogP) is 2.41. The Hall–Kier alpha value is -0.940. The van der Waals surface area contributed by atoms with Crippen LogP contribution in [0, 0.1) is 0 Å². The number of rotatable bonds is 6. The van der Waals surface area contributed by atoms with Crippen molar-refractivity contribution in [3.8, 4) is 5.75 Å². The monoisotopic (exact) mass is 263 g/mol. The van der Waals surface area contributed by atoms with Gasteiger partial charge in [-0.25, -0.2) is 8.42 Å². The molecular formula is C10H14ClNO3S. The molecular weight excluding hydrogens is 250 g/mol. The van der Waals surface area contributed by atoms with E-state index in [0.717, 1.165) is 12.2 Å². The summed E-state index contributed by atoms with van der Waals surface area (Å²) in [4.78, 5) is 0. The molecule has 6 heteroatoms. The molecule has 0 aromatic heterocycles. The van der Waals surface area contributed by atoms with Gasteiger partial charge in [0.15, 0.2) is 0 Å². The van der Waals surface area contributed by atoms with Gasteiger partial charge < -0.3 is 4.74 Å². The molecule has 0 spiro atoms. The molecule has 0 aliphatic heterocycles. The Labute approximate surface area is 101 Å². The van der Waals surface area contributed by atoms with Crippen molar-refractivity contribution in [3.63, 3.8) is 0 Å². The fourth-order valence-electron chi connectivity index (χ4n) is 1.05. The Morgan fingerprint density at radius 3 is 2.44 bits per heavy atom. The number of sulfonamides is 1. The molecule has 0 aliphatic rings. The van der Waals surface area contributed by atoms with Crippen LogP contribution in [0.15, 0.2) is 24.3 Å². The summed E-state index contributed by atoms with van der Waals surface area (Å²) in [6.07, 6.45) is 0.931. The zero-order valence-corrected chi connectivity index (χ0v) is 10.5. The highest BCUT2D eigenvalue weighted by atomic mass is 35.5. The lowest BCUT2D eigenvalue weighted by Gasteiger charge is -2.07. The Bertz CT molecular complexity index is 416. The van der Waals surface area contributed by atoms with Crippen molar-refractivity contribution in [2.45, 2.75) is 13.3 Å². The van der Waals surface area contributed by atoms with Gasteiger partial charge >= 0.3 is 0 Å². The molecule has 4 nitrogen and oxygen atoms in total. The SMILES string of the molecule is CCCOc1ccc(NS(=O)(=O)CCl)cc1. The minimum atomic E-state index is -3.43. The standard InChI is InChI=1S/C10H14ClNO3S/c1-2-7-15-10-5-3-9(4-6-10)12-16(13,14)8-11/h3-6,12H,2,7-8H2,1H3. The largest absolute Gasteiger partial charge is 0.494 e. The van der Waals surface area contributed by atoms with Crippen LogP contribution in [-0.4, -0.2) is 20.2 Å². The topological polar surface area (TPSA) is 55.4 Å². The molecule has 1 aromatic rings. The molecule has 0 amide bonds. The molecule has 0 atom stereocenters. The zero-order valence-electron chi connectivity index (χ0n) is 8.94. The summed E-state index contributed by atoms with van der Waals surface area (Å²) in [5, 5.41) is -0.457. The van der Waals surface area contributed by atoms with E-state index in [1.165, 1.54) is 0 Å². The molecule has 1 N–H and O–H groups in total. The third kappa shape index (κ3) is 4.28. The van der Waals surface area contributed by atoms with Gasteiger partial charge in [0.25, 0.3) is 0 Å². The lowest BCUT2D eigenvalue weighted by atomic mass is 10.3. The van der Waals surface area contributed by atoms with Gasteiger partial charge in [0.1, 0.15) is 11.0 Å². The van der Waals surface area contributed by atoms with Crippen LogP contribution >= 0.6 is 11.6 Å². The van der Waals surface area contributed by atoms with Crippen LogP contribution in [0.2, 0.25) is 0 Å². The smallest absolute Gasteiger partial charge is 0.246 e. The molecule has 0 fully saturated rings. The fraction of sp³-hybridized carbons (Fsp3) is 0.400.